The quantitative estimate of drug-likeness (QED) is 0.929. The van der Waals surface area contributed by atoms with E-state index in [0.717, 1.165) is 16.8 Å². The monoisotopic (exact) mass is 271 g/mol. The third-order valence-corrected chi connectivity index (χ3v) is 3.54. The van der Waals surface area contributed by atoms with Crippen molar-refractivity contribution in [1.29, 1.82) is 0 Å². The predicted molar refractivity (Wildman–Crippen MR) is 79.5 cm³/mol. The topological polar surface area (TPSA) is 49.0 Å². The molecule has 1 aromatic heterocycles. The molecule has 1 heterocycles. The molecule has 1 amide bonds. The van der Waals surface area contributed by atoms with E-state index in [1.54, 1.807) is 0 Å². The van der Waals surface area contributed by atoms with E-state index in [4.69, 9.17) is 0 Å². The van der Waals surface area contributed by atoms with Crippen LogP contribution in [0.1, 0.15) is 41.2 Å². The van der Waals surface area contributed by atoms with Crippen LogP contribution in [0, 0.1) is 13.8 Å². The minimum atomic E-state index is -0.0225. The van der Waals surface area contributed by atoms with Gasteiger partial charge in [0.1, 0.15) is 0 Å². The Labute approximate surface area is 119 Å². The number of hydrogen-bond donors (Lipinski definition) is 1. The molecule has 0 bridgehead atoms. The second kappa shape index (κ2) is 5.90. The fraction of sp³-hybridized carbons (Fsp3) is 0.375. The molecule has 0 aliphatic carbocycles. The summed E-state index contributed by atoms with van der Waals surface area (Å²) in [5.41, 5.74) is 3.51. The van der Waals surface area contributed by atoms with Gasteiger partial charge in [0, 0.05) is 23.8 Å². The highest BCUT2D eigenvalue weighted by Crippen LogP contribution is 2.16. The highest BCUT2D eigenvalue weighted by Gasteiger charge is 2.23. The minimum absolute atomic E-state index is 0.0225. The summed E-state index contributed by atoms with van der Waals surface area (Å²) in [7, 11) is 0. The van der Waals surface area contributed by atoms with Gasteiger partial charge in [-0.15, -0.1) is 0 Å². The molecule has 2 rings (SSSR count). The van der Waals surface area contributed by atoms with Crippen molar-refractivity contribution in [3.8, 4) is 0 Å². The molecule has 0 aliphatic rings. The minimum Gasteiger partial charge on any atom is -0.330 e. The molecule has 0 aliphatic heterocycles. The lowest BCUT2D eigenvalue weighted by Gasteiger charge is -2.26. The maximum Gasteiger partial charge on any atom is 0.275 e. The van der Waals surface area contributed by atoms with Gasteiger partial charge in [-0.25, -0.2) is 0 Å². The lowest BCUT2D eigenvalue weighted by Crippen LogP contribution is -2.37. The fourth-order valence-electron chi connectivity index (χ4n) is 2.10. The SMILES string of the molecule is Cc1[nH]nc(C(=O)N(Cc2ccccc2)C(C)C)c1C. The first kappa shape index (κ1) is 14.3. The molecule has 20 heavy (non-hydrogen) atoms. The number of benzene rings is 1. The molecule has 0 spiro atoms. The molecular weight excluding hydrogens is 250 g/mol. The Morgan fingerprint density at radius 2 is 1.90 bits per heavy atom. The normalized spacial score (nSPS) is 10.8. The number of carbonyl (C=O) groups is 1. The lowest BCUT2D eigenvalue weighted by atomic mass is 10.1. The molecule has 4 heteroatoms. The number of aryl methyl sites for hydroxylation is 1. The largest absolute Gasteiger partial charge is 0.330 e. The summed E-state index contributed by atoms with van der Waals surface area (Å²) in [6, 6.07) is 10.1. The van der Waals surface area contributed by atoms with Gasteiger partial charge in [0.15, 0.2) is 5.69 Å². The molecule has 106 valence electrons. The average molecular weight is 271 g/mol. The number of aromatic amines is 1. The summed E-state index contributed by atoms with van der Waals surface area (Å²) >= 11 is 0. The van der Waals surface area contributed by atoms with Crippen LogP contribution < -0.4 is 0 Å². The zero-order chi connectivity index (χ0) is 14.7. The molecule has 0 radical (unpaired) electrons. The third-order valence-electron chi connectivity index (χ3n) is 3.54. The Bertz CT molecular complexity index is 587. The van der Waals surface area contributed by atoms with Gasteiger partial charge in [-0.1, -0.05) is 30.3 Å². The number of carbonyl (C=O) groups excluding carboxylic acids is 1. The Kier molecular flexibility index (Phi) is 4.23. The molecule has 0 unspecified atom stereocenters. The summed E-state index contributed by atoms with van der Waals surface area (Å²) in [5, 5.41) is 7.02. The first-order valence-corrected chi connectivity index (χ1v) is 6.87. The molecular formula is C16H21N3O. The van der Waals surface area contributed by atoms with E-state index in [1.807, 2.05) is 62.9 Å². The number of hydrogen-bond acceptors (Lipinski definition) is 2. The van der Waals surface area contributed by atoms with Crippen LogP contribution in [-0.2, 0) is 6.54 Å². The maximum absolute atomic E-state index is 12.7. The van der Waals surface area contributed by atoms with Gasteiger partial charge in [-0.3, -0.25) is 9.89 Å². The molecule has 1 aromatic carbocycles. The van der Waals surface area contributed by atoms with Crippen LogP contribution in [0.25, 0.3) is 0 Å². The van der Waals surface area contributed by atoms with E-state index >= 15 is 0 Å². The smallest absolute Gasteiger partial charge is 0.275 e. The molecule has 4 nitrogen and oxygen atoms in total. The van der Waals surface area contributed by atoms with Crippen LogP contribution in [0.4, 0.5) is 0 Å². The van der Waals surface area contributed by atoms with Crippen molar-refractivity contribution in [3.63, 3.8) is 0 Å². The number of nitrogens with one attached hydrogen (secondary N) is 1. The molecule has 0 saturated carbocycles. The summed E-state index contributed by atoms with van der Waals surface area (Å²) in [6.45, 7) is 8.50. The van der Waals surface area contributed by atoms with Crippen LogP contribution in [0.3, 0.4) is 0 Å². The van der Waals surface area contributed by atoms with Gasteiger partial charge in [-0.05, 0) is 33.3 Å². The molecule has 0 fully saturated rings. The number of amides is 1. The van der Waals surface area contributed by atoms with Gasteiger partial charge in [-0.2, -0.15) is 5.10 Å². The maximum atomic E-state index is 12.7. The van der Waals surface area contributed by atoms with Crippen molar-refractivity contribution in [3.05, 3.63) is 52.8 Å². The summed E-state index contributed by atoms with van der Waals surface area (Å²) in [6.07, 6.45) is 0. The number of H-pyrrole nitrogens is 1. The molecule has 0 saturated heterocycles. The van der Waals surface area contributed by atoms with E-state index in [0.29, 0.717) is 12.2 Å². The van der Waals surface area contributed by atoms with E-state index < -0.39 is 0 Å². The van der Waals surface area contributed by atoms with E-state index in [9.17, 15) is 4.79 Å². The van der Waals surface area contributed by atoms with Crippen LogP contribution in [-0.4, -0.2) is 27.0 Å². The van der Waals surface area contributed by atoms with Crippen LogP contribution >= 0.6 is 0 Å². The van der Waals surface area contributed by atoms with Crippen LogP contribution in [0.15, 0.2) is 30.3 Å². The summed E-state index contributed by atoms with van der Waals surface area (Å²) in [4.78, 5) is 14.5. The van der Waals surface area contributed by atoms with Crippen molar-refractivity contribution < 1.29 is 4.79 Å². The Balaban J connectivity index is 2.25. The van der Waals surface area contributed by atoms with Crippen LogP contribution in [0.2, 0.25) is 0 Å². The number of aromatic nitrogens is 2. The Morgan fingerprint density at radius 3 is 2.40 bits per heavy atom. The van der Waals surface area contributed by atoms with Crippen molar-refractivity contribution >= 4 is 5.91 Å². The van der Waals surface area contributed by atoms with Gasteiger partial charge < -0.3 is 4.90 Å². The zero-order valence-corrected chi connectivity index (χ0v) is 12.5. The van der Waals surface area contributed by atoms with Gasteiger partial charge >= 0.3 is 0 Å². The van der Waals surface area contributed by atoms with Crippen molar-refractivity contribution in [2.45, 2.75) is 40.3 Å². The lowest BCUT2D eigenvalue weighted by molar-refractivity contribution is 0.0683. The van der Waals surface area contributed by atoms with E-state index in [2.05, 4.69) is 10.2 Å². The molecule has 1 N–H and O–H groups in total. The Hall–Kier alpha value is -2.10. The fourth-order valence-corrected chi connectivity index (χ4v) is 2.10. The standard InChI is InChI=1S/C16H21N3O/c1-11(2)19(10-14-8-6-5-7-9-14)16(20)15-12(3)13(4)17-18-15/h5-9,11H,10H2,1-4H3,(H,17,18). The van der Waals surface area contributed by atoms with Gasteiger partial charge in [0.2, 0.25) is 0 Å². The van der Waals surface area contributed by atoms with Gasteiger partial charge in [0.05, 0.1) is 0 Å². The van der Waals surface area contributed by atoms with Crippen molar-refractivity contribution in [2.75, 3.05) is 0 Å². The first-order chi connectivity index (χ1) is 9.50. The average Bonchev–Trinajstić information content (AvgIpc) is 2.76. The highest BCUT2D eigenvalue weighted by atomic mass is 16.2. The third kappa shape index (κ3) is 2.90. The van der Waals surface area contributed by atoms with E-state index in [1.165, 1.54) is 0 Å². The van der Waals surface area contributed by atoms with E-state index in [-0.39, 0.29) is 11.9 Å². The molecule has 2 aromatic rings. The molecule has 0 atom stereocenters. The number of nitrogens with zero attached hydrogens (tertiary/aromatic N) is 2. The highest BCUT2D eigenvalue weighted by molar-refractivity contribution is 5.94. The summed E-state index contributed by atoms with van der Waals surface area (Å²) in [5.74, 6) is -0.0225. The second-order valence-corrected chi connectivity index (χ2v) is 5.33. The number of rotatable bonds is 4. The van der Waals surface area contributed by atoms with Crippen molar-refractivity contribution in [2.24, 2.45) is 0 Å². The first-order valence-electron chi connectivity index (χ1n) is 6.87. The van der Waals surface area contributed by atoms with Gasteiger partial charge in [0.25, 0.3) is 5.91 Å². The predicted octanol–water partition coefficient (Wildman–Crippen LogP) is 3.08. The summed E-state index contributed by atoms with van der Waals surface area (Å²) < 4.78 is 0. The zero-order valence-electron chi connectivity index (χ0n) is 12.5. The van der Waals surface area contributed by atoms with Crippen LogP contribution in [0.5, 0.6) is 0 Å². The Morgan fingerprint density at radius 1 is 1.25 bits per heavy atom. The second-order valence-electron chi connectivity index (χ2n) is 5.33. The van der Waals surface area contributed by atoms with Crippen molar-refractivity contribution in [1.82, 2.24) is 15.1 Å².